The minimum atomic E-state index is -4.05. The molecule has 0 heterocycles. The van der Waals surface area contributed by atoms with Crippen molar-refractivity contribution < 1.29 is 22.2 Å². The van der Waals surface area contributed by atoms with E-state index in [2.05, 4.69) is 5.16 Å². The number of allylic oxidation sites excluding steroid dienone is 4. The van der Waals surface area contributed by atoms with Gasteiger partial charge in [0.15, 0.2) is 5.78 Å². The van der Waals surface area contributed by atoms with Crippen LogP contribution in [0.25, 0.3) is 0 Å². The Morgan fingerprint density at radius 2 is 1.71 bits per heavy atom. The third kappa shape index (κ3) is 3.91. The van der Waals surface area contributed by atoms with Crippen LogP contribution in [0, 0.1) is 5.92 Å². The van der Waals surface area contributed by atoms with Gasteiger partial charge in [0.1, 0.15) is 16.4 Å². The summed E-state index contributed by atoms with van der Waals surface area (Å²) in [4.78, 5) is 11.7. The van der Waals surface area contributed by atoms with Gasteiger partial charge in [-0.25, -0.2) is 0 Å². The number of nitrogens with zero attached hydrogens (tertiary/aromatic N) is 1. The highest BCUT2D eigenvalue weighted by Gasteiger charge is 2.21. The third-order valence-corrected chi connectivity index (χ3v) is 4.65. The predicted molar refractivity (Wildman–Crippen MR) is 90.4 cm³/mol. The van der Waals surface area contributed by atoms with Gasteiger partial charge in [-0.1, -0.05) is 19.0 Å². The molecule has 1 aliphatic rings. The molecule has 0 atom stereocenters. The second-order valence-corrected chi connectivity index (χ2v) is 7.16. The number of oxime groups is 1. The van der Waals surface area contributed by atoms with Crippen LogP contribution in [-0.2, 0) is 19.2 Å². The molecule has 6 nitrogen and oxygen atoms in total. The first-order chi connectivity index (χ1) is 11.2. The molecule has 0 saturated heterocycles. The Labute approximate surface area is 141 Å². The van der Waals surface area contributed by atoms with Crippen molar-refractivity contribution in [3.63, 3.8) is 0 Å². The summed E-state index contributed by atoms with van der Waals surface area (Å²) in [5.74, 6) is 0.426. The first-order valence-corrected chi connectivity index (χ1v) is 8.75. The Bertz CT molecular complexity index is 830. The summed E-state index contributed by atoms with van der Waals surface area (Å²) < 4.78 is 34.2. The molecule has 7 heteroatoms. The maximum Gasteiger partial charge on any atom is 0.358 e. The van der Waals surface area contributed by atoms with Crippen LogP contribution in [0.3, 0.4) is 0 Å². The van der Waals surface area contributed by atoms with E-state index in [0.717, 1.165) is 0 Å². The van der Waals surface area contributed by atoms with Crippen molar-refractivity contribution in [2.45, 2.75) is 25.7 Å². The van der Waals surface area contributed by atoms with Crippen molar-refractivity contribution in [2.24, 2.45) is 11.1 Å². The average molecular weight is 349 g/mol. The van der Waals surface area contributed by atoms with E-state index >= 15 is 0 Å². The first kappa shape index (κ1) is 17.9. The van der Waals surface area contributed by atoms with Gasteiger partial charge >= 0.3 is 10.1 Å². The molecule has 128 valence electrons. The van der Waals surface area contributed by atoms with Crippen LogP contribution >= 0.6 is 0 Å². The highest BCUT2D eigenvalue weighted by molar-refractivity contribution is 7.86. The minimum Gasteiger partial charge on any atom is -0.497 e. The lowest BCUT2D eigenvalue weighted by Gasteiger charge is -2.15. The van der Waals surface area contributed by atoms with Gasteiger partial charge in [0, 0.05) is 0 Å². The van der Waals surface area contributed by atoms with Gasteiger partial charge in [-0.2, -0.15) is 8.42 Å². The van der Waals surface area contributed by atoms with Gasteiger partial charge in [0.2, 0.25) is 0 Å². The molecule has 0 saturated carbocycles. The summed E-state index contributed by atoms with van der Waals surface area (Å²) in [6, 6.07) is 5.79. The summed E-state index contributed by atoms with van der Waals surface area (Å²) in [6.07, 6.45) is 2.99. The number of ether oxygens (including phenoxy) is 1. The summed E-state index contributed by atoms with van der Waals surface area (Å²) in [5, 5.41) is 3.76. The number of rotatable bonds is 5. The van der Waals surface area contributed by atoms with E-state index in [4.69, 9.17) is 9.02 Å². The Morgan fingerprint density at radius 1 is 1.08 bits per heavy atom. The molecule has 1 aliphatic carbocycles. The molecule has 0 aliphatic heterocycles. The largest absolute Gasteiger partial charge is 0.497 e. The number of carbonyl (C=O) groups excluding carboxylic acids is 1. The summed E-state index contributed by atoms with van der Waals surface area (Å²) in [5.41, 5.74) is 1.44. The molecule has 0 spiro atoms. The van der Waals surface area contributed by atoms with Crippen molar-refractivity contribution in [3.05, 3.63) is 47.6 Å². The molecule has 1 aromatic carbocycles. The molecule has 0 N–H and O–H groups in total. The van der Waals surface area contributed by atoms with Crippen molar-refractivity contribution in [3.8, 4) is 5.75 Å². The fourth-order valence-corrected chi connectivity index (χ4v) is 2.84. The second-order valence-electron chi connectivity index (χ2n) is 5.63. The van der Waals surface area contributed by atoms with Crippen molar-refractivity contribution >= 4 is 21.6 Å². The lowest BCUT2D eigenvalue weighted by atomic mass is 9.90. The molecule has 0 fully saturated rings. The van der Waals surface area contributed by atoms with Crippen LogP contribution < -0.4 is 4.74 Å². The Morgan fingerprint density at radius 3 is 2.25 bits per heavy atom. The molecule has 0 bridgehead atoms. The van der Waals surface area contributed by atoms with Gasteiger partial charge in [-0.05, 0) is 60.4 Å². The van der Waals surface area contributed by atoms with Crippen molar-refractivity contribution in [2.75, 3.05) is 7.11 Å². The molecule has 0 aromatic heterocycles. The zero-order chi connectivity index (χ0) is 17.9. The summed E-state index contributed by atoms with van der Waals surface area (Å²) in [7, 11) is -2.56. The van der Waals surface area contributed by atoms with Crippen LogP contribution in [0.1, 0.15) is 20.8 Å². The van der Waals surface area contributed by atoms with E-state index in [1.54, 1.807) is 6.92 Å². The van der Waals surface area contributed by atoms with E-state index in [1.807, 2.05) is 13.8 Å². The number of benzene rings is 1. The van der Waals surface area contributed by atoms with Crippen LogP contribution in [0.2, 0.25) is 0 Å². The van der Waals surface area contributed by atoms with Gasteiger partial charge in [0.25, 0.3) is 0 Å². The van der Waals surface area contributed by atoms with Gasteiger partial charge in [0.05, 0.1) is 7.11 Å². The number of carbonyl (C=O) groups is 1. The molecule has 24 heavy (non-hydrogen) atoms. The second kappa shape index (κ2) is 7.00. The maximum absolute atomic E-state index is 12.2. The van der Waals surface area contributed by atoms with Crippen molar-refractivity contribution in [1.82, 2.24) is 0 Å². The molecule has 2 rings (SSSR count). The van der Waals surface area contributed by atoms with Crippen LogP contribution in [0.15, 0.2) is 57.6 Å². The normalized spacial score (nSPS) is 16.9. The summed E-state index contributed by atoms with van der Waals surface area (Å²) in [6.45, 7) is 5.42. The van der Waals surface area contributed by atoms with Crippen molar-refractivity contribution in [1.29, 1.82) is 0 Å². The lowest BCUT2D eigenvalue weighted by molar-refractivity contribution is -0.111. The Balaban J connectivity index is 2.30. The van der Waals surface area contributed by atoms with E-state index in [-0.39, 0.29) is 16.6 Å². The van der Waals surface area contributed by atoms with E-state index in [1.165, 1.54) is 43.5 Å². The Hall–Kier alpha value is -2.41. The van der Waals surface area contributed by atoms with Crippen LogP contribution in [0.5, 0.6) is 5.75 Å². The highest BCUT2D eigenvalue weighted by atomic mass is 32.2. The molecule has 0 radical (unpaired) electrons. The van der Waals surface area contributed by atoms with E-state index < -0.39 is 10.1 Å². The number of methoxy groups -OCH3 is 1. The highest BCUT2D eigenvalue weighted by Crippen LogP contribution is 2.22. The monoisotopic (exact) mass is 349 g/mol. The summed E-state index contributed by atoms with van der Waals surface area (Å²) >= 11 is 0. The fraction of sp³-hybridized carbons (Fsp3) is 0.294. The average Bonchev–Trinajstić information content (AvgIpc) is 2.55. The number of hydrogen-bond acceptors (Lipinski definition) is 6. The van der Waals surface area contributed by atoms with Gasteiger partial charge in [-0.3, -0.25) is 9.08 Å². The molecule has 1 aromatic rings. The fourth-order valence-electron chi connectivity index (χ4n) is 2.10. The predicted octanol–water partition coefficient (Wildman–Crippen LogP) is 2.87. The van der Waals surface area contributed by atoms with Gasteiger partial charge in [-0.15, -0.1) is 0 Å². The molecular weight excluding hydrogens is 330 g/mol. The van der Waals surface area contributed by atoms with Crippen LogP contribution in [-0.4, -0.2) is 27.0 Å². The smallest absolute Gasteiger partial charge is 0.358 e. The Kier molecular flexibility index (Phi) is 5.23. The topological polar surface area (TPSA) is 82.0 Å². The lowest BCUT2D eigenvalue weighted by Crippen LogP contribution is -2.17. The molecule has 0 amide bonds. The molecule has 0 unspecified atom stereocenters. The number of ketones is 1. The van der Waals surface area contributed by atoms with Gasteiger partial charge < -0.3 is 4.74 Å². The zero-order valence-electron chi connectivity index (χ0n) is 13.9. The zero-order valence-corrected chi connectivity index (χ0v) is 14.8. The maximum atomic E-state index is 12.2. The number of hydrogen-bond donors (Lipinski definition) is 0. The first-order valence-electron chi connectivity index (χ1n) is 7.35. The molecular formula is C17H19NO5S. The van der Waals surface area contributed by atoms with E-state index in [9.17, 15) is 13.2 Å². The standard InChI is InChI=1S/C17H19NO5S/c1-11(2)15-10-17(19)12(3)9-16(15)18-23-24(20,21)14-7-5-13(22-4)6-8-14/h5-11H,1-4H3/b18-16+. The van der Waals surface area contributed by atoms with Crippen LogP contribution in [0.4, 0.5) is 0 Å². The third-order valence-electron chi connectivity index (χ3n) is 3.53. The minimum absolute atomic E-state index is 0.00402. The van der Waals surface area contributed by atoms with E-state index in [0.29, 0.717) is 22.6 Å². The quantitative estimate of drug-likeness (QED) is 0.603. The SMILES string of the molecule is COc1ccc(S(=O)(=O)O/N=C2\C=C(C)C(=O)C=C2C(C)C)cc1.